The zero-order valence-corrected chi connectivity index (χ0v) is 16.1. The van der Waals surface area contributed by atoms with E-state index in [1.54, 1.807) is 31.2 Å². The van der Waals surface area contributed by atoms with E-state index in [2.05, 4.69) is 15.5 Å². The van der Waals surface area contributed by atoms with Gasteiger partial charge in [0.25, 0.3) is 11.8 Å². The molecular formula is C19H16N4O5S. The van der Waals surface area contributed by atoms with Crippen LogP contribution in [0.5, 0.6) is 0 Å². The predicted molar refractivity (Wildman–Crippen MR) is 102 cm³/mol. The largest absolute Gasteiger partial charge is 0.449 e. The Morgan fingerprint density at radius 2 is 2.10 bits per heavy atom. The smallest absolute Gasteiger partial charge is 0.339 e. The Bertz CT molecular complexity index is 1050. The van der Waals surface area contributed by atoms with Crippen molar-refractivity contribution < 1.29 is 23.5 Å². The van der Waals surface area contributed by atoms with Gasteiger partial charge >= 0.3 is 12.0 Å². The lowest BCUT2D eigenvalue weighted by Gasteiger charge is -2.16. The average molecular weight is 412 g/mol. The summed E-state index contributed by atoms with van der Waals surface area (Å²) in [4.78, 5) is 38.2. The molecule has 148 valence electrons. The minimum atomic E-state index is -0.770. The van der Waals surface area contributed by atoms with E-state index in [4.69, 9.17) is 9.15 Å². The van der Waals surface area contributed by atoms with E-state index in [1.165, 1.54) is 11.3 Å². The zero-order chi connectivity index (χ0) is 20.4. The summed E-state index contributed by atoms with van der Waals surface area (Å²) in [5.41, 5.74) is 0.754. The molecule has 1 atom stereocenters. The number of ether oxygens (including phenoxy) is 1. The average Bonchev–Trinajstić information content (AvgIpc) is 3.46. The summed E-state index contributed by atoms with van der Waals surface area (Å²) in [6.07, 6.45) is -0.770. The number of carbonyl (C=O) groups is 3. The Labute approximate surface area is 169 Å². The van der Waals surface area contributed by atoms with Gasteiger partial charge in [-0.2, -0.15) is 0 Å². The number of urea groups is 1. The van der Waals surface area contributed by atoms with Gasteiger partial charge in [0.15, 0.2) is 6.10 Å². The van der Waals surface area contributed by atoms with Crippen molar-refractivity contribution in [2.75, 3.05) is 6.54 Å². The van der Waals surface area contributed by atoms with Crippen LogP contribution in [0.2, 0.25) is 0 Å². The topological polar surface area (TPSA) is 115 Å². The zero-order valence-electron chi connectivity index (χ0n) is 15.3. The summed E-state index contributed by atoms with van der Waals surface area (Å²) < 4.78 is 11.1. The van der Waals surface area contributed by atoms with Crippen molar-refractivity contribution >= 4 is 29.2 Å². The van der Waals surface area contributed by atoms with E-state index in [9.17, 15) is 14.4 Å². The van der Waals surface area contributed by atoms with Crippen LogP contribution in [-0.4, -0.2) is 39.5 Å². The molecule has 2 aromatic heterocycles. The molecule has 0 bridgehead atoms. The van der Waals surface area contributed by atoms with Crippen molar-refractivity contribution in [2.45, 2.75) is 19.6 Å². The van der Waals surface area contributed by atoms with Crippen LogP contribution in [0.3, 0.4) is 0 Å². The molecule has 1 N–H and O–H groups in total. The second-order valence-electron chi connectivity index (χ2n) is 6.27. The maximum Gasteiger partial charge on any atom is 0.339 e. The van der Waals surface area contributed by atoms with Crippen molar-refractivity contribution in [1.82, 2.24) is 20.4 Å². The maximum atomic E-state index is 12.7. The molecular weight excluding hydrogens is 396 g/mol. The molecule has 0 spiro atoms. The van der Waals surface area contributed by atoms with Crippen LogP contribution in [0.25, 0.3) is 10.8 Å². The number of imide groups is 1. The highest BCUT2D eigenvalue weighted by molar-refractivity contribution is 7.13. The van der Waals surface area contributed by atoms with Crippen LogP contribution in [0.4, 0.5) is 4.79 Å². The molecule has 29 heavy (non-hydrogen) atoms. The number of esters is 1. The molecule has 4 rings (SSSR count). The quantitative estimate of drug-likeness (QED) is 0.489. The maximum absolute atomic E-state index is 12.7. The van der Waals surface area contributed by atoms with Crippen molar-refractivity contribution in [1.29, 1.82) is 0 Å². The summed E-state index contributed by atoms with van der Waals surface area (Å²) in [5, 5.41) is 12.3. The monoisotopic (exact) mass is 412 g/mol. The number of nitrogens with zero attached hydrogens (tertiary/aromatic N) is 3. The fraction of sp³-hybridized carbons (Fsp3) is 0.211. The SMILES string of the molecule is CC(OC(=O)c1ccccc1CN1C(=O)CNC1=O)c1nnc(-c2cccs2)o1. The third-order valence-corrected chi connectivity index (χ3v) is 5.16. The molecule has 1 aliphatic heterocycles. The number of nitrogens with one attached hydrogen (secondary N) is 1. The number of rotatable bonds is 6. The van der Waals surface area contributed by atoms with Crippen molar-refractivity contribution in [3.05, 3.63) is 58.8 Å². The first-order valence-corrected chi connectivity index (χ1v) is 9.65. The van der Waals surface area contributed by atoms with Gasteiger partial charge in [0.1, 0.15) is 0 Å². The predicted octanol–water partition coefficient (Wildman–Crippen LogP) is 2.77. The van der Waals surface area contributed by atoms with Gasteiger partial charge in [-0.25, -0.2) is 9.59 Å². The van der Waals surface area contributed by atoms with Crippen molar-refractivity contribution in [3.8, 4) is 10.8 Å². The highest BCUT2D eigenvalue weighted by Gasteiger charge is 2.30. The van der Waals surface area contributed by atoms with Gasteiger partial charge in [-0.3, -0.25) is 9.69 Å². The Hall–Kier alpha value is -3.53. The third kappa shape index (κ3) is 3.87. The van der Waals surface area contributed by atoms with E-state index in [0.29, 0.717) is 11.5 Å². The number of amides is 3. The molecule has 9 nitrogen and oxygen atoms in total. The number of thiophene rings is 1. The van der Waals surface area contributed by atoms with E-state index in [-0.39, 0.29) is 30.5 Å². The van der Waals surface area contributed by atoms with Crippen LogP contribution in [0, 0.1) is 0 Å². The number of hydrogen-bond acceptors (Lipinski definition) is 8. The van der Waals surface area contributed by atoms with Gasteiger partial charge in [-0.15, -0.1) is 21.5 Å². The number of benzene rings is 1. The molecule has 10 heteroatoms. The Morgan fingerprint density at radius 1 is 1.28 bits per heavy atom. The van der Waals surface area contributed by atoms with Gasteiger partial charge in [0.05, 0.1) is 23.5 Å². The van der Waals surface area contributed by atoms with Gasteiger partial charge in [-0.1, -0.05) is 24.3 Å². The molecule has 0 saturated carbocycles. The van der Waals surface area contributed by atoms with Crippen molar-refractivity contribution in [3.63, 3.8) is 0 Å². The number of carbonyl (C=O) groups excluding carboxylic acids is 3. The highest BCUT2D eigenvalue weighted by atomic mass is 32.1. The third-order valence-electron chi connectivity index (χ3n) is 4.31. The second-order valence-corrected chi connectivity index (χ2v) is 7.21. The lowest BCUT2D eigenvalue weighted by atomic mass is 10.1. The molecule has 1 aliphatic rings. The molecule has 0 aliphatic carbocycles. The minimum absolute atomic E-state index is 0.0204. The van der Waals surface area contributed by atoms with E-state index >= 15 is 0 Å². The summed E-state index contributed by atoms with van der Waals surface area (Å²) in [6.45, 7) is 1.56. The lowest BCUT2D eigenvalue weighted by Crippen LogP contribution is -2.31. The molecule has 1 fully saturated rings. The van der Waals surface area contributed by atoms with Gasteiger partial charge in [0, 0.05) is 0 Å². The van der Waals surface area contributed by atoms with Crippen LogP contribution in [-0.2, 0) is 16.1 Å². The number of aromatic nitrogens is 2. The van der Waals surface area contributed by atoms with Gasteiger partial charge in [-0.05, 0) is 30.0 Å². The van der Waals surface area contributed by atoms with Crippen LogP contribution in [0.15, 0.2) is 46.2 Å². The summed E-state index contributed by atoms with van der Waals surface area (Å²) in [5.74, 6) is -0.431. The molecule has 1 aromatic carbocycles. The van der Waals surface area contributed by atoms with E-state index < -0.39 is 18.1 Å². The molecule has 1 unspecified atom stereocenters. The molecule has 3 aromatic rings. The lowest BCUT2D eigenvalue weighted by molar-refractivity contribution is -0.125. The summed E-state index contributed by atoms with van der Waals surface area (Å²) in [7, 11) is 0. The van der Waals surface area contributed by atoms with Gasteiger partial charge in [0.2, 0.25) is 5.91 Å². The first-order chi connectivity index (χ1) is 14.0. The summed E-state index contributed by atoms with van der Waals surface area (Å²) in [6, 6.07) is 9.88. The second kappa shape index (κ2) is 7.84. The van der Waals surface area contributed by atoms with E-state index in [1.807, 2.05) is 17.5 Å². The van der Waals surface area contributed by atoms with Crippen LogP contribution >= 0.6 is 11.3 Å². The molecule has 0 radical (unpaired) electrons. The normalized spacial score (nSPS) is 14.7. The Balaban J connectivity index is 1.49. The van der Waals surface area contributed by atoms with Crippen LogP contribution < -0.4 is 5.32 Å². The first-order valence-electron chi connectivity index (χ1n) is 8.77. The fourth-order valence-corrected chi connectivity index (χ4v) is 3.46. The van der Waals surface area contributed by atoms with Crippen LogP contribution in [0.1, 0.15) is 34.8 Å². The Kier molecular flexibility index (Phi) is 5.09. The highest BCUT2D eigenvalue weighted by Crippen LogP contribution is 2.26. The van der Waals surface area contributed by atoms with E-state index in [0.717, 1.165) is 9.78 Å². The van der Waals surface area contributed by atoms with Gasteiger partial charge < -0.3 is 14.5 Å². The minimum Gasteiger partial charge on any atom is -0.449 e. The summed E-state index contributed by atoms with van der Waals surface area (Å²) >= 11 is 1.46. The number of hydrogen-bond donors (Lipinski definition) is 1. The fourth-order valence-electron chi connectivity index (χ4n) is 2.82. The standard InChI is InChI=1S/C19H16N4O5S/c1-11(16-21-22-17(28-16)14-7-4-8-29-14)27-18(25)13-6-3-2-5-12(13)10-23-15(24)9-20-19(23)26/h2-8,11H,9-10H2,1H3,(H,20,26). The molecule has 3 heterocycles. The molecule has 1 saturated heterocycles. The van der Waals surface area contributed by atoms with Crippen molar-refractivity contribution in [2.24, 2.45) is 0 Å². The first kappa shape index (κ1) is 18.8. The Morgan fingerprint density at radius 3 is 2.83 bits per heavy atom. The molecule has 3 amide bonds.